The van der Waals surface area contributed by atoms with Crippen LogP contribution in [0.25, 0.3) is 0 Å². The number of amides is 1. The highest BCUT2D eigenvalue weighted by molar-refractivity contribution is 7.89. The molecule has 0 aromatic heterocycles. The third-order valence-electron chi connectivity index (χ3n) is 3.71. The molecular formula is C15H22N2O4S. The molecule has 6 nitrogen and oxygen atoms in total. The number of hydrogen-bond donors (Lipinski definition) is 2. The molecule has 1 amide bonds. The van der Waals surface area contributed by atoms with Crippen LogP contribution in [-0.2, 0) is 25.3 Å². The van der Waals surface area contributed by atoms with Crippen molar-refractivity contribution in [2.24, 2.45) is 0 Å². The smallest absolute Gasteiger partial charge is 0.239 e. The van der Waals surface area contributed by atoms with E-state index in [1.165, 1.54) is 7.11 Å². The van der Waals surface area contributed by atoms with E-state index in [2.05, 4.69) is 10.0 Å². The van der Waals surface area contributed by atoms with E-state index in [0.717, 1.165) is 19.4 Å². The Balaban J connectivity index is 1.89. The molecule has 0 aliphatic carbocycles. The summed E-state index contributed by atoms with van der Waals surface area (Å²) in [6, 6.07) is 8.87. The van der Waals surface area contributed by atoms with Crippen LogP contribution in [0.1, 0.15) is 24.8 Å². The lowest BCUT2D eigenvalue weighted by Gasteiger charge is -2.21. The maximum absolute atomic E-state index is 12.0. The van der Waals surface area contributed by atoms with Gasteiger partial charge in [-0.2, -0.15) is 0 Å². The first-order chi connectivity index (χ1) is 10.5. The fourth-order valence-corrected chi connectivity index (χ4v) is 3.78. The fraction of sp³-hybridized carbons (Fsp3) is 0.533. The van der Waals surface area contributed by atoms with E-state index < -0.39 is 15.9 Å². The lowest BCUT2D eigenvalue weighted by atomic mass is 10.1. The maximum atomic E-state index is 12.0. The van der Waals surface area contributed by atoms with Gasteiger partial charge < -0.3 is 10.1 Å². The first-order valence-electron chi connectivity index (χ1n) is 7.33. The zero-order valence-corrected chi connectivity index (χ0v) is 13.4. The molecule has 2 N–H and O–H groups in total. The standard InChI is InChI=1S/C15H22N2O4S/c1-21-14(13-8-5-9-16-13)10-15(18)17-22(19,20)11-12-6-3-2-4-7-12/h2-4,6-7,13-14,16H,5,8-11H2,1H3,(H,17,18)/t13-,14+/m0/s1. The summed E-state index contributed by atoms with van der Waals surface area (Å²) in [5, 5.41) is 3.26. The molecule has 22 heavy (non-hydrogen) atoms. The van der Waals surface area contributed by atoms with Gasteiger partial charge in [0.2, 0.25) is 15.9 Å². The largest absolute Gasteiger partial charge is 0.379 e. The van der Waals surface area contributed by atoms with E-state index in [-0.39, 0.29) is 24.3 Å². The van der Waals surface area contributed by atoms with Crippen molar-refractivity contribution < 1.29 is 17.9 Å². The van der Waals surface area contributed by atoms with E-state index in [9.17, 15) is 13.2 Å². The fourth-order valence-electron chi connectivity index (χ4n) is 2.65. The Labute approximate surface area is 131 Å². The maximum Gasteiger partial charge on any atom is 0.239 e. The summed E-state index contributed by atoms with van der Waals surface area (Å²) in [6.45, 7) is 0.901. The van der Waals surface area contributed by atoms with Crippen molar-refractivity contribution in [3.63, 3.8) is 0 Å². The van der Waals surface area contributed by atoms with Gasteiger partial charge in [0.15, 0.2) is 0 Å². The summed E-state index contributed by atoms with van der Waals surface area (Å²) in [5.41, 5.74) is 0.642. The summed E-state index contributed by atoms with van der Waals surface area (Å²) in [4.78, 5) is 12.0. The van der Waals surface area contributed by atoms with Crippen molar-refractivity contribution in [2.45, 2.75) is 37.2 Å². The molecule has 1 aromatic rings. The Bertz CT molecular complexity index is 583. The summed E-state index contributed by atoms with van der Waals surface area (Å²) in [5.74, 6) is -0.740. The number of methoxy groups -OCH3 is 1. The number of rotatable bonds is 7. The van der Waals surface area contributed by atoms with Crippen molar-refractivity contribution in [3.05, 3.63) is 35.9 Å². The van der Waals surface area contributed by atoms with Crippen LogP contribution in [0.3, 0.4) is 0 Å². The average molecular weight is 326 g/mol. The molecule has 7 heteroatoms. The number of hydrogen-bond acceptors (Lipinski definition) is 5. The van der Waals surface area contributed by atoms with E-state index in [1.54, 1.807) is 24.3 Å². The zero-order chi connectivity index (χ0) is 16.0. The van der Waals surface area contributed by atoms with Gasteiger partial charge in [-0.15, -0.1) is 0 Å². The van der Waals surface area contributed by atoms with Gasteiger partial charge in [0.25, 0.3) is 0 Å². The van der Waals surface area contributed by atoms with Gasteiger partial charge in [0, 0.05) is 13.2 Å². The number of carbonyl (C=O) groups excluding carboxylic acids is 1. The highest BCUT2D eigenvalue weighted by Crippen LogP contribution is 2.14. The highest BCUT2D eigenvalue weighted by Gasteiger charge is 2.27. The molecule has 1 saturated heterocycles. The van der Waals surface area contributed by atoms with Crippen LogP contribution in [-0.4, -0.2) is 40.1 Å². The zero-order valence-electron chi connectivity index (χ0n) is 12.6. The van der Waals surface area contributed by atoms with Gasteiger partial charge in [-0.05, 0) is 24.9 Å². The van der Waals surface area contributed by atoms with E-state index in [1.807, 2.05) is 6.07 Å². The molecule has 0 unspecified atom stereocenters. The summed E-state index contributed by atoms with van der Waals surface area (Å²) < 4.78 is 31.5. The second-order valence-corrected chi connectivity index (χ2v) is 7.17. The molecule has 0 bridgehead atoms. The quantitative estimate of drug-likeness (QED) is 0.774. The van der Waals surface area contributed by atoms with Crippen LogP contribution in [0.15, 0.2) is 30.3 Å². The first-order valence-corrected chi connectivity index (χ1v) is 8.99. The second-order valence-electron chi connectivity index (χ2n) is 5.45. The Morgan fingerprint density at radius 1 is 1.41 bits per heavy atom. The minimum atomic E-state index is -3.69. The molecule has 0 saturated carbocycles. The molecule has 1 aromatic carbocycles. The minimum absolute atomic E-state index is 0.0299. The van der Waals surface area contributed by atoms with Gasteiger partial charge >= 0.3 is 0 Å². The summed E-state index contributed by atoms with van der Waals surface area (Å²) in [6.07, 6.45) is 1.69. The van der Waals surface area contributed by atoms with Crippen molar-refractivity contribution >= 4 is 15.9 Å². The average Bonchev–Trinajstić information content (AvgIpc) is 2.98. The SMILES string of the molecule is CO[C@H](CC(=O)NS(=O)(=O)Cc1ccccc1)[C@@H]1CCCN1. The third kappa shape index (κ3) is 5.08. The molecule has 122 valence electrons. The van der Waals surface area contributed by atoms with Gasteiger partial charge in [0.05, 0.1) is 18.3 Å². The Morgan fingerprint density at radius 2 is 2.14 bits per heavy atom. The van der Waals surface area contributed by atoms with Crippen LogP contribution >= 0.6 is 0 Å². The van der Waals surface area contributed by atoms with Crippen LogP contribution in [0, 0.1) is 0 Å². The lowest BCUT2D eigenvalue weighted by Crippen LogP contribution is -2.41. The number of sulfonamides is 1. The van der Waals surface area contributed by atoms with Crippen LogP contribution in [0.4, 0.5) is 0 Å². The summed E-state index contributed by atoms with van der Waals surface area (Å²) >= 11 is 0. The highest BCUT2D eigenvalue weighted by atomic mass is 32.2. The molecule has 1 heterocycles. The number of carbonyl (C=O) groups is 1. The topological polar surface area (TPSA) is 84.5 Å². The third-order valence-corrected chi connectivity index (χ3v) is 4.96. The van der Waals surface area contributed by atoms with E-state index in [0.29, 0.717) is 5.56 Å². The predicted molar refractivity (Wildman–Crippen MR) is 83.6 cm³/mol. The second kappa shape index (κ2) is 7.71. The summed E-state index contributed by atoms with van der Waals surface area (Å²) in [7, 11) is -2.15. The molecule has 0 radical (unpaired) electrons. The molecule has 1 aliphatic rings. The number of benzene rings is 1. The van der Waals surface area contributed by atoms with Crippen LogP contribution in [0.5, 0.6) is 0 Å². The van der Waals surface area contributed by atoms with Gasteiger partial charge in [-0.25, -0.2) is 8.42 Å². The molecule has 1 fully saturated rings. The normalized spacial score (nSPS) is 19.8. The molecule has 0 spiro atoms. The Morgan fingerprint density at radius 3 is 2.73 bits per heavy atom. The van der Waals surface area contributed by atoms with Gasteiger partial charge in [0.1, 0.15) is 0 Å². The van der Waals surface area contributed by atoms with E-state index in [4.69, 9.17) is 4.74 Å². The Hall–Kier alpha value is -1.44. The molecule has 1 aliphatic heterocycles. The molecule has 2 rings (SSSR count). The number of nitrogens with one attached hydrogen (secondary N) is 2. The lowest BCUT2D eigenvalue weighted by molar-refractivity contribution is -0.122. The predicted octanol–water partition coefficient (Wildman–Crippen LogP) is 0.790. The van der Waals surface area contributed by atoms with E-state index >= 15 is 0 Å². The first kappa shape index (κ1) is 16.9. The number of ether oxygens (including phenoxy) is 1. The van der Waals surface area contributed by atoms with Crippen molar-refractivity contribution in [2.75, 3.05) is 13.7 Å². The van der Waals surface area contributed by atoms with Crippen molar-refractivity contribution in [1.29, 1.82) is 0 Å². The van der Waals surface area contributed by atoms with Gasteiger partial charge in [-0.3, -0.25) is 9.52 Å². The van der Waals surface area contributed by atoms with Crippen LogP contribution < -0.4 is 10.0 Å². The van der Waals surface area contributed by atoms with Gasteiger partial charge in [-0.1, -0.05) is 30.3 Å². The van der Waals surface area contributed by atoms with Crippen molar-refractivity contribution in [3.8, 4) is 0 Å². The molecular weight excluding hydrogens is 304 g/mol. The van der Waals surface area contributed by atoms with Crippen LogP contribution in [0.2, 0.25) is 0 Å². The molecule has 2 atom stereocenters. The monoisotopic (exact) mass is 326 g/mol. The minimum Gasteiger partial charge on any atom is -0.379 e. The van der Waals surface area contributed by atoms with Crippen molar-refractivity contribution in [1.82, 2.24) is 10.0 Å². The Kier molecular flexibility index (Phi) is 5.93.